The predicted octanol–water partition coefficient (Wildman–Crippen LogP) is 1.78. The third-order valence-electron chi connectivity index (χ3n) is 3.16. The molecule has 1 fully saturated rings. The molecule has 1 atom stereocenters. The molecule has 104 valence electrons. The minimum Gasteiger partial charge on any atom is -0.481 e. The van der Waals surface area contributed by atoms with Crippen molar-refractivity contribution in [2.75, 3.05) is 13.1 Å². The second-order valence-corrected chi connectivity index (χ2v) is 7.75. The summed E-state index contributed by atoms with van der Waals surface area (Å²) in [5.41, 5.74) is 0. The van der Waals surface area contributed by atoms with Gasteiger partial charge < -0.3 is 5.11 Å². The number of hydrogen-bond donors (Lipinski definition) is 1. The lowest BCUT2D eigenvalue weighted by atomic mass is 10.1. The zero-order valence-electron chi connectivity index (χ0n) is 10.1. The Bertz CT molecular complexity index is 570. The molecule has 1 unspecified atom stereocenters. The standard InChI is InChI=1S/C12H14INO4S/c13-10-1-3-11(4-2-10)19(17,18)14-6-5-9(8-14)7-12(15)16/h1-4,9H,5-8H2,(H,15,16). The quantitative estimate of drug-likeness (QED) is 0.789. The van der Waals surface area contributed by atoms with Crippen LogP contribution < -0.4 is 0 Å². The van der Waals surface area contributed by atoms with Crippen molar-refractivity contribution in [1.82, 2.24) is 4.31 Å². The van der Waals surface area contributed by atoms with Gasteiger partial charge in [-0.1, -0.05) is 0 Å². The van der Waals surface area contributed by atoms with E-state index in [0.717, 1.165) is 3.57 Å². The molecule has 1 aromatic carbocycles. The predicted molar refractivity (Wildman–Crippen MR) is 78.3 cm³/mol. The van der Waals surface area contributed by atoms with E-state index >= 15 is 0 Å². The van der Waals surface area contributed by atoms with Gasteiger partial charge in [0.25, 0.3) is 0 Å². The summed E-state index contributed by atoms with van der Waals surface area (Å²) in [6, 6.07) is 6.67. The summed E-state index contributed by atoms with van der Waals surface area (Å²) < 4.78 is 27.1. The number of nitrogens with zero attached hydrogens (tertiary/aromatic N) is 1. The van der Waals surface area contributed by atoms with Gasteiger partial charge in [-0.25, -0.2) is 8.42 Å². The van der Waals surface area contributed by atoms with Gasteiger partial charge in [0.2, 0.25) is 10.0 Å². The Kier molecular flexibility index (Phi) is 4.46. The lowest BCUT2D eigenvalue weighted by molar-refractivity contribution is -0.137. The number of carbonyl (C=O) groups is 1. The van der Waals surface area contributed by atoms with Gasteiger partial charge in [0.05, 0.1) is 4.90 Å². The van der Waals surface area contributed by atoms with Crippen LogP contribution in [0.3, 0.4) is 0 Å². The van der Waals surface area contributed by atoms with Crippen molar-refractivity contribution < 1.29 is 18.3 Å². The highest BCUT2D eigenvalue weighted by molar-refractivity contribution is 14.1. The van der Waals surface area contributed by atoms with Crippen LogP contribution in [0.5, 0.6) is 0 Å². The first-order chi connectivity index (χ1) is 8.89. The highest BCUT2D eigenvalue weighted by Gasteiger charge is 2.33. The van der Waals surface area contributed by atoms with E-state index in [1.165, 1.54) is 4.31 Å². The van der Waals surface area contributed by atoms with E-state index in [4.69, 9.17) is 5.11 Å². The summed E-state index contributed by atoms with van der Waals surface area (Å²) in [6.07, 6.45) is 0.634. The number of carboxylic acid groups (broad SMARTS) is 1. The summed E-state index contributed by atoms with van der Waals surface area (Å²) in [4.78, 5) is 10.9. The highest BCUT2D eigenvalue weighted by atomic mass is 127. The van der Waals surface area contributed by atoms with Crippen molar-refractivity contribution in [3.8, 4) is 0 Å². The van der Waals surface area contributed by atoms with Crippen LogP contribution in [-0.4, -0.2) is 36.9 Å². The van der Waals surface area contributed by atoms with Crippen molar-refractivity contribution in [3.63, 3.8) is 0 Å². The summed E-state index contributed by atoms with van der Waals surface area (Å²) in [6.45, 7) is 0.687. The monoisotopic (exact) mass is 395 g/mol. The SMILES string of the molecule is O=C(O)CC1CCN(S(=O)(=O)c2ccc(I)cc2)C1. The van der Waals surface area contributed by atoms with E-state index in [-0.39, 0.29) is 17.2 Å². The van der Waals surface area contributed by atoms with E-state index in [1.807, 2.05) is 0 Å². The van der Waals surface area contributed by atoms with Gasteiger partial charge >= 0.3 is 5.97 Å². The Balaban J connectivity index is 2.13. The van der Waals surface area contributed by atoms with Crippen LogP contribution in [0, 0.1) is 9.49 Å². The topological polar surface area (TPSA) is 74.7 Å². The van der Waals surface area contributed by atoms with Crippen molar-refractivity contribution in [1.29, 1.82) is 0 Å². The number of hydrogen-bond acceptors (Lipinski definition) is 3. The number of carboxylic acids is 1. The lowest BCUT2D eigenvalue weighted by Gasteiger charge is -2.16. The van der Waals surface area contributed by atoms with Gasteiger partial charge in [-0.2, -0.15) is 4.31 Å². The first-order valence-electron chi connectivity index (χ1n) is 5.87. The average Bonchev–Trinajstić information content (AvgIpc) is 2.78. The van der Waals surface area contributed by atoms with Crippen LogP contribution in [0.1, 0.15) is 12.8 Å². The van der Waals surface area contributed by atoms with Crippen LogP contribution in [-0.2, 0) is 14.8 Å². The smallest absolute Gasteiger partial charge is 0.303 e. The van der Waals surface area contributed by atoms with Crippen LogP contribution in [0.2, 0.25) is 0 Å². The third kappa shape index (κ3) is 3.46. The maximum atomic E-state index is 12.4. The molecule has 0 bridgehead atoms. The molecule has 1 heterocycles. The molecule has 0 aromatic heterocycles. The van der Waals surface area contributed by atoms with Crippen molar-refractivity contribution in [2.45, 2.75) is 17.7 Å². The fourth-order valence-electron chi connectivity index (χ4n) is 2.18. The van der Waals surface area contributed by atoms with E-state index in [0.29, 0.717) is 19.5 Å². The molecule has 1 aromatic rings. The summed E-state index contributed by atoms with van der Waals surface area (Å²) in [5, 5.41) is 8.74. The molecule has 19 heavy (non-hydrogen) atoms. The fourth-order valence-corrected chi connectivity index (χ4v) is 4.08. The Hall–Kier alpha value is -0.670. The minimum atomic E-state index is -3.49. The van der Waals surface area contributed by atoms with Gasteiger partial charge in [0.1, 0.15) is 0 Å². The first-order valence-corrected chi connectivity index (χ1v) is 8.39. The molecule has 0 amide bonds. The molecule has 7 heteroatoms. The normalized spacial score (nSPS) is 20.6. The Morgan fingerprint density at radius 2 is 2.00 bits per heavy atom. The van der Waals surface area contributed by atoms with Gasteiger partial charge in [0.15, 0.2) is 0 Å². The van der Waals surface area contributed by atoms with E-state index in [9.17, 15) is 13.2 Å². The van der Waals surface area contributed by atoms with Crippen LogP contribution in [0.15, 0.2) is 29.2 Å². The van der Waals surface area contributed by atoms with E-state index in [1.54, 1.807) is 24.3 Å². The molecule has 0 saturated carbocycles. The number of aliphatic carboxylic acids is 1. The maximum absolute atomic E-state index is 12.4. The summed E-state index contributed by atoms with van der Waals surface area (Å²) in [7, 11) is -3.49. The van der Waals surface area contributed by atoms with Crippen LogP contribution in [0.25, 0.3) is 0 Å². The molecule has 1 saturated heterocycles. The third-order valence-corrected chi connectivity index (χ3v) is 5.76. The molecule has 0 aliphatic carbocycles. The molecule has 0 spiro atoms. The van der Waals surface area contributed by atoms with Gasteiger partial charge in [-0.15, -0.1) is 0 Å². The van der Waals surface area contributed by atoms with Crippen LogP contribution in [0.4, 0.5) is 0 Å². The Morgan fingerprint density at radius 3 is 2.58 bits per heavy atom. The molecule has 0 radical (unpaired) electrons. The highest BCUT2D eigenvalue weighted by Crippen LogP contribution is 2.26. The molecular weight excluding hydrogens is 381 g/mol. The summed E-state index contributed by atoms with van der Waals surface area (Å²) >= 11 is 2.12. The van der Waals surface area contributed by atoms with Crippen molar-refractivity contribution in [2.24, 2.45) is 5.92 Å². The number of benzene rings is 1. The van der Waals surface area contributed by atoms with Crippen molar-refractivity contribution >= 4 is 38.6 Å². The van der Waals surface area contributed by atoms with Gasteiger partial charge in [-0.05, 0) is 59.2 Å². The number of halogens is 1. The number of rotatable bonds is 4. The number of sulfonamides is 1. The van der Waals surface area contributed by atoms with E-state index in [2.05, 4.69) is 22.6 Å². The molecule has 1 aliphatic heterocycles. The van der Waals surface area contributed by atoms with Gasteiger partial charge in [0, 0.05) is 23.1 Å². The second-order valence-electron chi connectivity index (χ2n) is 4.57. The lowest BCUT2D eigenvalue weighted by Crippen LogP contribution is -2.29. The molecule has 1 N–H and O–H groups in total. The molecular formula is C12H14INO4S. The van der Waals surface area contributed by atoms with Crippen LogP contribution >= 0.6 is 22.6 Å². The van der Waals surface area contributed by atoms with Gasteiger partial charge in [-0.3, -0.25) is 4.79 Å². The molecule has 2 rings (SSSR count). The zero-order valence-corrected chi connectivity index (χ0v) is 13.1. The Morgan fingerprint density at radius 1 is 1.37 bits per heavy atom. The zero-order chi connectivity index (χ0) is 14.0. The fraction of sp³-hybridized carbons (Fsp3) is 0.417. The largest absolute Gasteiger partial charge is 0.481 e. The average molecular weight is 395 g/mol. The Labute approximate surface area is 125 Å². The molecule has 5 nitrogen and oxygen atoms in total. The second kappa shape index (κ2) is 5.76. The van der Waals surface area contributed by atoms with Crippen molar-refractivity contribution in [3.05, 3.63) is 27.8 Å². The first kappa shape index (κ1) is 14.7. The maximum Gasteiger partial charge on any atom is 0.303 e. The summed E-state index contributed by atoms with van der Waals surface area (Å²) in [5.74, 6) is -0.963. The minimum absolute atomic E-state index is 0.0265. The molecule has 1 aliphatic rings. The van der Waals surface area contributed by atoms with E-state index < -0.39 is 16.0 Å².